The van der Waals surface area contributed by atoms with Crippen LogP contribution in [0.15, 0.2) is 54.6 Å². The average Bonchev–Trinajstić information content (AvgIpc) is 2.78. The third-order valence-electron chi connectivity index (χ3n) is 5.64. The van der Waals surface area contributed by atoms with Gasteiger partial charge in [0.15, 0.2) is 5.78 Å². The van der Waals surface area contributed by atoms with Gasteiger partial charge in [0.25, 0.3) is 0 Å². The van der Waals surface area contributed by atoms with Gasteiger partial charge in [0.05, 0.1) is 13.7 Å². The summed E-state index contributed by atoms with van der Waals surface area (Å²) in [5.74, 6) is 1.13. The fourth-order valence-corrected chi connectivity index (χ4v) is 3.82. The molecule has 0 N–H and O–H groups in total. The molecule has 5 nitrogen and oxygen atoms in total. The second-order valence-corrected chi connectivity index (χ2v) is 7.54. The van der Waals surface area contributed by atoms with Crippen molar-refractivity contribution in [2.75, 3.05) is 33.3 Å². The van der Waals surface area contributed by atoms with Gasteiger partial charge in [-0.25, -0.2) is 0 Å². The van der Waals surface area contributed by atoms with Crippen LogP contribution in [0, 0.1) is 5.92 Å². The summed E-state index contributed by atoms with van der Waals surface area (Å²) in [6.45, 7) is 5.33. The maximum Gasteiger partial charge on any atom is 0.237 e. The Hall–Kier alpha value is -2.66. The molecule has 0 spiro atoms. The number of hydrogen-bond donors (Lipinski definition) is 0. The van der Waals surface area contributed by atoms with E-state index in [0.29, 0.717) is 19.6 Å². The highest BCUT2D eigenvalue weighted by molar-refractivity contribution is 5.98. The monoisotopic (exact) mass is 394 g/mol. The van der Waals surface area contributed by atoms with Crippen LogP contribution in [0.2, 0.25) is 0 Å². The lowest BCUT2D eigenvalue weighted by Gasteiger charge is -2.32. The zero-order chi connectivity index (χ0) is 20.6. The lowest BCUT2D eigenvalue weighted by Crippen LogP contribution is -2.44. The second-order valence-electron chi connectivity index (χ2n) is 7.54. The fourth-order valence-electron chi connectivity index (χ4n) is 3.82. The van der Waals surface area contributed by atoms with Crippen LogP contribution >= 0.6 is 0 Å². The van der Waals surface area contributed by atoms with E-state index < -0.39 is 0 Å². The van der Waals surface area contributed by atoms with E-state index in [-0.39, 0.29) is 17.6 Å². The van der Waals surface area contributed by atoms with E-state index in [4.69, 9.17) is 4.74 Å². The van der Waals surface area contributed by atoms with E-state index in [9.17, 15) is 9.59 Å². The van der Waals surface area contributed by atoms with Gasteiger partial charge < -0.3 is 9.64 Å². The Kier molecular flexibility index (Phi) is 7.42. The number of benzene rings is 2. The highest BCUT2D eigenvalue weighted by Gasteiger charge is 2.27. The first kappa shape index (κ1) is 21.1. The van der Waals surface area contributed by atoms with E-state index in [0.717, 1.165) is 42.8 Å². The zero-order valence-corrected chi connectivity index (χ0v) is 17.3. The minimum absolute atomic E-state index is 0.0290. The number of ketones is 1. The summed E-state index contributed by atoms with van der Waals surface area (Å²) in [4.78, 5) is 29.6. The van der Waals surface area contributed by atoms with Crippen molar-refractivity contribution in [3.8, 4) is 5.75 Å². The predicted molar refractivity (Wildman–Crippen MR) is 114 cm³/mol. The molecule has 1 fully saturated rings. The molecule has 29 heavy (non-hydrogen) atoms. The second kappa shape index (κ2) is 10.2. The molecule has 0 radical (unpaired) electrons. The summed E-state index contributed by atoms with van der Waals surface area (Å²) >= 11 is 0. The van der Waals surface area contributed by atoms with Crippen molar-refractivity contribution in [1.29, 1.82) is 0 Å². The molecule has 0 atom stereocenters. The molecule has 1 aliphatic heterocycles. The number of Topliss-reactive ketones (excluding diaryl/α,β-unsaturated/α-hetero) is 1. The maximum atomic E-state index is 12.8. The van der Waals surface area contributed by atoms with Crippen molar-refractivity contribution >= 4 is 11.7 Å². The molecule has 2 aromatic carbocycles. The van der Waals surface area contributed by atoms with Crippen molar-refractivity contribution in [3.05, 3.63) is 65.7 Å². The number of piperidine rings is 1. The highest BCUT2D eigenvalue weighted by atomic mass is 16.5. The molecule has 0 aromatic heterocycles. The molecule has 1 aliphatic rings. The van der Waals surface area contributed by atoms with Gasteiger partial charge in [0.1, 0.15) is 5.75 Å². The maximum absolute atomic E-state index is 12.8. The van der Waals surface area contributed by atoms with Crippen LogP contribution in [0.5, 0.6) is 5.75 Å². The van der Waals surface area contributed by atoms with Crippen molar-refractivity contribution in [3.63, 3.8) is 0 Å². The number of methoxy groups -OCH3 is 1. The van der Waals surface area contributed by atoms with Crippen LogP contribution in [0.3, 0.4) is 0 Å². The molecule has 2 aromatic rings. The van der Waals surface area contributed by atoms with E-state index in [2.05, 4.69) is 4.90 Å². The van der Waals surface area contributed by atoms with Crippen LogP contribution in [0.25, 0.3) is 0 Å². The number of carbonyl (C=O) groups is 2. The van der Waals surface area contributed by atoms with E-state index >= 15 is 0 Å². The average molecular weight is 395 g/mol. The SMILES string of the molecule is CCN(Cc1ccccc1)C(=O)CN1CCC(C(=O)c2ccc(OC)cc2)CC1. The van der Waals surface area contributed by atoms with Gasteiger partial charge >= 0.3 is 0 Å². The zero-order valence-electron chi connectivity index (χ0n) is 17.3. The van der Waals surface area contributed by atoms with Crippen LogP contribution in [0.1, 0.15) is 35.7 Å². The van der Waals surface area contributed by atoms with E-state index in [1.54, 1.807) is 7.11 Å². The number of amides is 1. The quantitative estimate of drug-likeness (QED) is 0.642. The Bertz CT molecular complexity index is 797. The number of hydrogen-bond acceptors (Lipinski definition) is 4. The minimum Gasteiger partial charge on any atom is -0.497 e. The Balaban J connectivity index is 1.49. The van der Waals surface area contributed by atoms with E-state index in [1.165, 1.54) is 0 Å². The molecule has 154 valence electrons. The Morgan fingerprint density at radius 2 is 1.69 bits per heavy atom. The number of ether oxygens (including phenoxy) is 1. The van der Waals surface area contributed by atoms with Crippen LogP contribution < -0.4 is 4.74 Å². The number of nitrogens with zero attached hydrogens (tertiary/aromatic N) is 2. The summed E-state index contributed by atoms with van der Waals surface area (Å²) in [6.07, 6.45) is 1.59. The van der Waals surface area contributed by atoms with Crippen molar-refractivity contribution in [2.24, 2.45) is 5.92 Å². The van der Waals surface area contributed by atoms with Crippen molar-refractivity contribution in [2.45, 2.75) is 26.3 Å². The Morgan fingerprint density at radius 1 is 1.03 bits per heavy atom. The topological polar surface area (TPSA) is 49.9 Å². The third-order valence-corrected chi connectivity index (χ3v) is 5.64. The third kappa shape index (κ3) is 5.67. The predicted octanol–water partition coefficient (Wildman–Crippen LogP) is 3.64. The standard InChI is InChI=1S/C24H30N2O3/c1-3-26(17-19-7-5-4-6-8-19)23(27)18-25-15-13-21(14-16-25)24(28)20-9-11-22(29-2)12-10-20/h4-12,21H,3,13-18H2,1-2H3. The molecule has 0 saturated carbocycles. The molecule has 5 heteroatoms. The van der Waals surface area contributed by atoms with Gasteiger partial charge in [-0.15, -0.1) is 0 Å². The lowest BCUT2D eigenvalue weighted by molar-refractivity contribution is -0.133. The molecule has 0 aliphatic carbocycles. The number of likely N-dealkylation sites (N-methyl/N-ethyl adjacent to an activating group) is 1. The van der Waals surface area contributed by atoms with Crippen LogP contribution in [-0.2, 0) is 11.3 Å². The number of rotatable bonds is 8. The molecule has 3 rings (SSSR count). The fraction of sp³-hybridized carbons (Fsp3) is 0.417. The van der Waals surface area contributed by atoms with Gasteiger partial charge in [0, 0.05) is 24.6 Å². The van der Waals surface area contributed by atoms with Crippen molar-refractivity contribution < 1.29 is 14.3 Å². The van der Waals surface area contributed by atoms with E-state index in [1.807, 2.05) is 66.4 Å². The Morgan fingerprint density at radius 3 is 2.28 bits per heavy atom. The lowest BCUT2D eigenvalue weighted by atomic mass is 9.89. The molecule has 0 unspecified atom stereocenters. The number of likely N-dealkylation sites (tertiary alicyclic amines) is 1. The first-order chi connectivity index (χ1) is 14.1. The normalized spacial score (nSPS) is 15.1. The smallest absolute Gasteiger partial charge is 0.237 e. The summed E-state index contributed by atoms with van der Waals surface area (Å²) in [6, 6.07) is 17.4. The Labute approximate surface area is 173 Å². The molecule has 1 saturated heterocycles. The van der Waals surface area contributed by atoms with Gasteiger partial charge in [-0.05, 0) is 62.7 Å². The van der Waals surface area contributed by atoms with Gasteiger partial charge in [-0.3, -0.25) is 14.5 Å². The largest absolute Gasteiger partial charge is 0.497 e. The summed E-state index contributed by atoms with van der Waals surface area (Å²) in [5.41, 5.74) is 1.88. The van der Waals surface area contributed by atoms with Crippen LogP contribution in [-0.4, -0.2) is 54.8 Å². The molecule has 1 amide bonds. The molecular weight excluding hydrogens is 364 g/mol. The number of carbonyl (C=O) groups excluding carboxylic acids is 2. The molecule has 0 bridgehead atoms. The van der Waals surface area contributed by atoms with Gasteiger partial charge in [-0.2, -0.15) is 0 Å². The minimum atomic E-state index is 0.0290. The summed E-state index contributed by atoms with van der Waals surface area (Å²) < 4.78 is 5.16. The highest BCUT2D eigenvalue weighted by Crippen LogP contribution is 2.23. The molecular formula is C24H30N2O3. The molecule has 1 heterocycles. The van der Waals surface area contributed by atoms with Crippen molar-refractivity contribution in [1.82, 2.24) is 9.80 Å². The first-order valence-corrected chi connectivity index (χ1v) is 10.3. The summed E-state index contributed by atoms with van der Waals surface area (Å²) in [5, 5.41) is 0. The first-order valence-electron chi connectivity index (χ1n) is 10.3. The van der Waals surface area contributed by atoms with Gasteiger partial charge in [0.2, 0.25) is 5.91 Å². The van der Waals surface area contributed by atoms with Crippen LogP contribution in [0.4, 0.5) is 0 Å². The summed E-state index contributed by atoms with van der Waals surface area (Å²) in [7, 11) is 1.62. The van der Waals surface area contributed by atoms with Gasteiger partial charge in [-0.1, -0.05) is 30.3 Å².